The number of nitrogens with one attached hydrogen (secondary N) is 3. The van der Waals surface area contributed by atoms with Crippen LogP contribution in [0.4, 0.5) is 0 Å². The van der Waals surface area contributed by atoms with Crippen LogP contribution in [0.2, 0.25) is 5.02 Å². The normalized spacial score (nSPS) is 23.6. The van der Waals surface area contributed by atoms with Crippen LogP contribution in [0.15, 0.2) is 24.3 Å². The number of carbonyl (C=O) groups excluding carboxylic acids is 1. The van der Waals surface area contributed by atoms with Crippen LogP contribution in [0.5, 0.6) is 0 Å². The second kappa shape index (κ2) is 5.46. The minimum atomic E-state index is -0.307. The summed E-state index contributed by atoms with van der Waals surface area (Å²) in [6.07, 6.45) is 0.648. The van der Waals surface area contributed by atoms with Crippen molar-refractivity contribution in [3.05, 3.63) is 34.9 Å². The lowest BCUT2D eigenvalue weighted by Gasteiger charge is -2.09. The Bertz CT molecular complexity index is 413. The molecule has 0 aromatic heterocycles. The first-order chi connectivity index (χ1) is 8.20. The number of hydrogen-bond donors (Lipinski definition) is 3. The first-order valence-electron chi connectivity index (χ1n) is 5.30. The van der Waals surface area contributed by atoms with Gasteiger partial charge in [-0.3, -0.25) is 9.63 Å². The van der Waals surface area contributed by atoms with Gasteiger partial charge in [0.15, 0.2) is 0 Å². The SMILES string of the molecule is CONC(=O)C1CC(c2cccc(Cl)c2)NN1. The molecule has 1 aromatic rings. The molecule has 3 N–H and O–H groups in total. The summed E-state index contributed by atoms with van der Waals surface area (Å²) in [5, 5.41) is 0.689. The Morgan fingerprint density at radius 3 is 3.06 bits per heavy atom. The summed E-state index contributed by atoms with van der Waals surface area (Å²) in [5.74, 6) is -0.190. The van der Waals surface area contributed by atoms with Gasteiger partial charge in [0.1, 0.15) is 6.04 Å². The van der Waals surface area contributed by atoms with Gasteiger partial charge in [0.25, 0.3) is 5.91 Å². The Morgan fingerprint density at radius 2 is 2.35 bits per heavy atom. The molecule has 0 saturated carbocycles. The van der Waals surface area contributed by atoms with Crippen molar-refractivity contribution in [1.82, 2.24) is 16.3 Å². The average Bonchev–Trinajstić information content (AvgIpc) is 2.78. The number of amides is 1. The molecule has 0 aliphatic carbocycles. The molecule has 2 rings (SSSR count). The van der Waals surface area contributed by atoms with Crippen LogP contribution >= 0.6 is 11.6 Å². The summed E-state index contributed by atoms with van der Waals surface area (Å²) >= 11 is 5.92. The van der Waals surface area contributed by atoms with Crippen molar-refractivity contribution >= 4 is 17.5 Å². The summed E-state index contributed by atoms with van der Waals surface area (Å²) in [6.45, 7) is 0. The van der Waals surface area contributed by atoms with E-state index in [4.69, 9.17) is 11.6 Å². The van der Waals surface area contributed by atoms with E-state index in [1.165, 1.54) is 7.11 Å². The lowest BCUT2D eigenvalue weighted by molar-refractivity contribution is -0.133. The van der Waals surface area contributed by atoms with E-state index in [9.17, 15) is 4.79 Å². The van der Waals surface area contributed by atoms with E-state index >= 15 is 0 Å². The van der Waals surface area contributed by atoms with E-state index in [0.29, 0.717) is 11.4 Å². The molecule has 17 heavy (non-hydrogen) atoms. The van der Waals surface area contributed by atoms with E-state index in [1.54, 1.807) is 0 Å². The number of rotatable bonds is 3. The van der Waals surface area contributed by atoms with Crippen molar-refractivity contribution in [2.24, 2.45) is 0 Å². The molecule has 2 atom stereocenters. The number of halogens is 1. The molecule has 1 fully saturated rings. The Balaban J connectivity index is 2.00. The van der Waals surface area contributed by atoms with Gasteiger partial charge in [0.2, 0.25) is 0 Å². The average molecular weight is 256 g/mol. The van der Waals surface area contributed by atoms with Gasteiger partial charge in [0.05, 0.1) is 7.11 Å². The molecule has 0 bridgehead atoms. The number of hydrogen-bond acceptors (Lipinski definition) is 4. The molecular weight excluding hydrogens is 242 g/mol. The largest absolute Gasteiger partial charge is 0.277 e. The summed E-state index contributed by atoms with van der Waals surface area (Å²) in [6, 6.07) is 7.34. The molecule has 1 amide bonds. The lowest BCUT2D eigenvalue weighted by atomic mass is 10.0. The summed E-state index contributed by atoms with van der Waals surface area (Å²) in [5.41, 5.74) is 9.35. The topological polar surface area (TPSA) is 62.4 Å². The molecule has 1 aliphatic rings. The summed E-state index contributed by atoms with van der Waals surface area (Å²) in [7, 11) is 1.41. The Hall–Kier alpha value is -1.14. The molecule has 1 heterocycles. The van der Waals surface area contributed by atoms with Gasteiger partial charge >= 0.3 is 0 Å². The van der Waals surface area contributed by atoms with Crippen molar-refractivity contribution in [3.8, 4) is 0 Å². The van der Waals surface area contributed by atoms with Gasteiger partial charge in [-0.1, -0.05) is 23.7 Å². The van der Waals surface area contributed by atoms with Crippen molar-refractivity contribution in [3.63, 3.8) is 0 Å². The van der Waals surface area contributed by atoms with E-state index < -0.39 is 0 Å². The molecule has 1 saturated heterocycles. The molecule has 0 spiro atoms. The van der Waals surface area contributed by atoms with Crippen LogP contribution in [0.25, 0.3) is 0 Å². The van der Waals surface area contributed by atoms with E-state index in [-0.39, 0.29) is 18.0 Å². The highest BCUT2D eigenvalue weighted by molar-refractivity contribution is 6.30. The summed E-state index contributed by atoms with van der Waals surface area (Å²) < 4.78 is 0. The highest BCUT2D eigenvalue weighted by atomic mass is 35.5. The van der Waals surface area contributed by atoms with Gasteiger partial charge in [-0.2, -0.15) is 0 Å². The monoisotopic (exact) mass is 255 g/mol. The third-order valence-electron chi connectivity index (χ3n) is 2.67. The van der Waals surface area contributed by atoms with E-state index in [1.807, 2.05) is 24.3 Å². The third-order valence-corrected chi connectivity index (χ3v) is 2.91. The van der Waals surface area contributed by atoms with Crippen LogP contribution in [0.3, 0.4) is 0 Å². The predicted octanol–water partition coefficient (Wildman–Crippen LogP) is 0.925. The maximum Gasteiger partial charge on any atom is 0.262 e. The van der Waals surface area contributed by atoms with Gasteiger partial charge in [-0.05, 0) is 24.1 Å². The molecule has 1 aromatic carbocycles. The second-order valence-electron chi connectivity index (χ2n) is 3.85. The van der Waals surface area contributed by atoms with Gasteiger partial charge < -0.3 is 0 Å². The minimum absolute atomic E-state index is 0.0707. The van der Waals surface area contributed by atoms with Crippen LogP contribution in [0.1, 0.15) is 18.0 Å². The summed E-state index contributed by atoms with van der Waals surface area (Å²) in [4.78, 5) is 16.1. The fourth-order valence-corrected chi connectivity index (χ4v) is 2.04. The second-order valence-corrected chi connectivity index (χ2v) is 4.29. The molecule has 92 valence electrons. The van der Waals surface area contributed by atoms with Crippen LogP contribution in [-0.2, 0) is 9.63 Å². The van der Waals surface area contributed by atoms with Crippen LogP contribution < -0.4 is 16.3 Å². The maximum atomic E-state index is 11.5. The molecule has 1 aliphatic heterocycles. The number of carbonyl (C=O) groups is 1. The zero-order valence-electron chi connectivity index (χ0n) is 9.37. The van der Waals surface area contributed by atoms with Gasteiger partial charge in [-0.15, -0.1) is 0 Å². The highest BCUT2D eigenvalue weighted by Crippen LogP contribution is 2.24. The van der Waals surface area contributed by atoms with Crippen molar-refractivity contribution in [2.75, 3.05) is 7.11 Å². The zero-order valence-corrected chi connectivity index (χ0v) is 10.1. The number of hydrazine groups is 1. The van der Waals surface area contributed by atoms with Crippen LogP contribution in [0, 0.1) is 0 Å². The third kappa shape index (κ3) is 2.95. The smallest absolute Gasteiger partial charge is 0.262 e. The fraction of sp³-hybridized carbons (Fsp3) is 0.364. The maximum absolute atomic E-state index is 11.5. The first-order valence-corrected chi connectivity index (χ1v) is 5.68. The van der Waals surface area contributed by atoms with Crippen molar-refractivity contribution in [1.29, 1.82) is 0 Å². The highest BCUT2D eigenvalue weighted by Gasteiger charge is 2.30. The van der Waals surface area contributed by atoms with Crippen molar-refractivity contribution in [2.45, 2.75) is 18.5 Å². The molecule has 0 radical (unpaired) electrons. The number of benzene rings is 1. The number of hydroxylamine groups is 1. The van der Waals surface area contributed by atoms with Gasteiger partial charge in [-0.25, -0.2) is 16.3 Å². The molecule has 2 unspecified atom stereocenters. The Kier molecular flexibility index (Phi) is 3.96. The molecule has 6 heteroatoms. The quantitative estimate of drug-likeness (QED) is 0.703. The van der Waals surface area contributed by atoms with E-state index in [0.717, 1.165) is 5.56 Å². The fourth-order valence-electron chi connectivity index (χ4n) is 1.84. The standard InChI is InChI=1S/C11H14ClN3O2/c1-17-15-11(16)10-6-9(13-14-10)7-3-2-4-8(12)5-7/h2-5,9-10,13-14H,6H2,1H3,(H,15,16). The zero-order chi connectivity index (χ0) is 12.3. The predicted molar refractivity (Wildman–Crippen MR) is 64.0 cm³/mol. The van der Waals surface area contributed by atoms with E-state index in [2.05, 4.69) is 21.2 Å². The minimum Gasteiger partial charge on any atom is -0.277 e. The van der Waals surface area contributed by atoms with Crippen molar-refractivity contribution < 1.29 is 9.63 Å². The van der Waals surface area contributed by atoms with Crippen LogP contribution in [-0.4, -0.2) is 19.1 Å². The Morgan fingerprint density at radius 1 is 1.53 bits per heavy atom. The first kappa shape index (κ1) is 12.3. The molecule has 5 nitrogen and oxygen atoms in total. The van der Waals surface area contributed by atoms with Gasteiger partial charge in [0, 0.05) is 11.1 Å². The lowest BCUT2D eigenvalue weighted by Crippen LogP contribution is -2.42. The molecular formula is C11H14ClN3O2. The Labute approximate surface area is 104 Å².